The molecule has 1 aliphatic rings. The van der Waals surface area contributed by atoms with Gasteiger partial charge < -0.3 is 10.0 Å². The van der Waals surface area contributed by atoms with Gasteiger partial charge in [-0.25, -0.2) is 9.78 Å². The van der Waals surface area contributed by atoms with Crippen LogP contribution >= 0.6 is 0 Å². The van der Waals surface area contributed by atoms with Crippen LogP contribution in [-0.2, 0) is 0 Å². The van der Waals surface area contributed by atoms with Gasteiger partial charge in [-0.3, -0.25) is 0 Å². The van der Waals surface area contributed by atoms with E-state index in [0.717, 1.165) is 24.5 Å². The Morgan fingerprint density at radius 3 is 2.67 bits per heavy atom. The van der Waals surface area contributed by atoms with Crippen molar-refractivity contribution < 1.29 is 9.90 Å². The zero-order valence-electron chi connectivity index (χ0n) is 8.73. The van der Waals surface area contributed by atoms with Crippen molar-refractivity contribution in [3.05, 3.63) is 23.5 Å². The molecule has 0 spiro atoms. The molecule has 1 saturated heterocycles. The van der Waals surface area contributed by atoms with Gasteiger partial charge in [0.25, 0.3) is 0 Å². The Bertz CT molecular complexity index is 384. The summed E-state index contributed by atoms with van der Waals surface area (Å²) >= 11 is 0. The molecule has 4 heteroatoms. The van der Waals surface area contributed by atoms with Gasteiger partial charge in [0.2, 0.25) is 0 Å². The molecule has 1 N–H and O–H groups in total. The molecule has 15 heavy (non-hydrogen) atoms. The van der Waals surface area contributed by atoms with Crippen molar-refractivity contribution in [2.75, 3.05) is 18.0 Å². The molecule has 0 unspecified atom stereocenters. The molecule has 1 aromatic rings. The zero-order valence-corrected chi connectivity index (χ0v) is 8.73. The number of carbonyl (C=O) groups is 1. The van der Waals surface area contributed by atoms with Gasteiger partial charge in [0, 0.05) is 24.5 Å². The van der Waals surface area contributed by atoms with Crippen molar-refractivity contribution in [3.63, 3.8) is 0 Å². The van der Waals surface area contributed by atoms with Crippen LogP contribution in [0.1, 0.15) is 29.0 Å². The lowest BCUT2D eigenvalue weighted by Gasteiger charge is -2.18. The van der Waals surface area contributed by atoms with Gasteiger partial charge in [-0.2, -0.15) is 0 Å². The molecule has 0 aromatic carbocycles. The summed E-state index contributed by atoms with van der Waals surface area (Å²) in [5.41, 5.74) is 1.88. The quantitative estimate of drug-likeness (QED) is 0.800. The molecule has 0 aliphatic carbocycles. The minimum absolute atomic E-state index is 0.136. The highest BCUT2D eigenvalue weighted by Crippen LogP contribution is 2.21. The molecule has 2 heterocycles. The first kappa shape index (κ1) is 9.96. The van der Waals surface area contributed by atoms with Gasteiger partial charge in [0.15, 0.2) is 5.69 Å². The topological polar surface area (TPSA) is 53.4 Å². The summed E-state index contributed by atoms with van der Waals surface area (Å²) in [7, 11) is 0. The maximum atomic E-state index is 10.8. The molecule has 4 nitrogen and oxygen atoms in total. The predicted octanol–water partition coefficient (Wildman–Crippen LogP) is 1.69. The third kappa shape index (κ3) is 2.09. The largest absolute Gasteiger partial charge is 0.477 e. The lowest BCUT2D eigenvalue weighted by Crippen LogP contribution is -2.18. The number of rotatable bonds is 2. The van der Waals surface area contributed by atoms with E-state index >= 15 is 0 Å². The van der Waals surface area contributed by atoms with Gasteiger partial charge in [-0.05, 0) is 31.9 Å². The number of anilines is 1. The highest BCUT2D eigenvalue weighted by Gasteiger charge is 2.15. The fourth-order valence-electron chi connectivity index (χ4n) is 1.92. The van der Waals surface area contributed by atoms with E-state index in [1.54, 1.807) is 6.07 Å². The Kier molecular flexibility index (Phi) is 2.58. The van der Waals surface area contributed by atoms with Crippen LogP contribution in [0.5, 0.6) is 0 Å². The van der Waals surface area contributed by atoms with E-state index < -0.39 is 5.97 Å². The van der Waals surface area contributed by atoms with E-state index in [1.165, 1.54) is 12.8 Å². The van der Waals surface area contributed by atoms with Gasteiger partial charge in [-0.15, -0.1) is 0 Å². The SMILES string of the molecule is Cc1cc(N2CCCC2)cc(C(=O)O)n1. The number of aryl methyl sites for hydroxylation is 1. The summed E-state index contributed by atoms with van der Waals surface area (Å²) in [4.78, 5) is 17.0. The Hall–Kier alpha value is -1.58. The van der Waals surface area contributed by atoms with Crippen LogP contribution in [0.3, 0.4) is 0 Å². The van der Waals surface area contributed by atoms with E-state index in [-0.39, 0.29) is 5.69 Å². The molecule has 0 amide bonds. The lowest BCUT2D eigenvalue weighted by molar-refractivity contribution is 0.0690. The Morgan fingerprint density at radius 1 is 1.40 bits per heavy atom. The van der Waals surface area contributed by atoms with Crippen molar-refractivity contribution in [1.82, 2.24) is 4.98 Å². The molecule has 0 bridgehead atoms. The minimum atomic E-state index is -0.959. The van der Waals surface area contributed by atoms with Crippen LogP contribution in [0, 0.1) is 6.92 Å². The van der Waals surface area contributed by atoms with E-state index in [9.17, 15) is 4.79 Å². The average Bonchev–Trinajstić information content (AvgIpc) is 2.69. The van der Waals surface area contributed by atoms with E-state index in [0.29, 0.717) is 0 Å². The Morgan fingerprint density at radius 2 is 2.07 bits per heavy atom. The first-order valence-corrected chi connectivity index (χ1v) is 5.14. The molecule has 0 radical (unpaired) electrons. The van der Waals surface area contributed by atoms with Crippen LogP contribution in [0.4, 0.5) is 5.69 Å². The second kappa shape index (κ2) is 3.88. The highest BCUT2D eigenvalue weighted by atomic mass is 16.4. The third-order valence-electron chi connectivity index (χ3n) is 2.63. The van der Waals surface area contributed by atoms with Crippen LogP contribution in [0.15, 0.2) is 12.1 Å². The van der Waals surface area contributed by atoms with Gasteiger partial charge in [-0.1, -0.05) is 0 Å². The number of aromatic carboxylic acids is 1. The van der Waals surface area contributed by atoms with E-state index in [2.05, 4.69) is 9.88 Å². The predicted molar refractivity (Wildman–Crippen MR) is 57.4 cm³/mol. The standard InChI is InChI=1S/C11H14N2O2/c1-8-6-9(13-4-2-3-5-13)7-10(12-8)11(14)15/h6-7H,2-5H2,1H3,(H,14,15). The summed E-state index contributed by atoms with van der Waals surface area (Å²) in [6.45, 7) is 3.86. The highest BCUT2D eigenvalue weighted by molar-refractivity contribution is 5.86. The number of pyridine rings is 1. The fourth-order valence-corrected chi connectivity index (χ4v) is 1.92. The first-order valence-electron chi connectivity index (χ1n) is 5.14. The minimum Gasteiger partial charge on any atom is -0.477 e. The number of aromatic nitrogens is 1. The number of nitrogens with zero attached hydrogens (tertiary/aromatic N) is 2. The summed E-state index contributed by atoms with van der Waals surface area (Å²) in [5.74, 6) is -0.959. The zero-order chi connectivity index (χ0) is 10.8. The van der Waals surface area contributed by atoms with Crippen molar-refractivity contribution in [2.45, 2.75) is 19.8 Å². The Labute approximate surface area is 88.6 Å². The summed E-state index contributed by atoms with van der Waals surface area (Å²) < 4.78 is 0. The molecular weight excluding hydrogens is 192 g/mol. The maximum absolute atomic E-state index is 10.8. The normalized spacial score (nSPS) is 15.7. The number of carboxylic acid groups (broad SMARTS) is 1. The van der Waals surface area contributed by atoms with Gasteiger partial charge in [0.05, 0.1) is 0 Å². The number of hydrogen-bond acceptors (Lipinski definition) is 3. The van der Waals surface area contributed by atoms with Crippen LogP contribution in [-0.4, -0.2) is 29.1 Å². The average molecular weight is 206 g/mol. The second-order valence-corrected chi connectivity index (χ2v) is 3.85. The van der Waals surface area contributed by atoms with Crippen molar-refractivity contribution >= 4 is 11.7 Å². The van der Waals surface area contributed by atoms with Crippen LogP contribution in [0.25, 0.3) is 0 Å². The third-order valence-corrected chi connectivity index (χ3v) is 2.63. The molecule has 80 valence electrons. The van der Waals surface area contributed by atoms with Crippen LogP contribution in [0.2, 0.25) is 0 Å². The smallest absolute Gasteiger partial charge is 0.354 e. The molecule has 0 atom stereocenters. The first-order chi connectivity index (χ1) is 7.16. The molecule has 2 rings (SSSR count). The molecular formula is C11H14N2O2. The number of hydrogen-bond donors (Lipinski definition) is 1. The summed E-state index contributed by atoms with van der Waals surface area (Å²) in [6.07, 6.45) is 2.37. The van der Waals surface area contributed by atoms with Crippen molar-refractivity contribution in [3.8, 4) is 0 Å². The van der Waals surface area contributed by atoms with E-state index in [1.807, 2.05) is 13.0 Å². The van der Waals surface area contributed by atoms with Gasteiger partial charge in [0.1, 0.15) is 0 Å². The summed E-state index contributed by atoms with van der Waals surface area (Å²) in [5, 5.41) is 8.90. The monoisotopic (exact) mass is 206 g/mol. The molecule has 0 saturated carbocycles. The van der Waals surface area contributed by atoms with Crippen molar-refractivity contribution in [1.29, 1.82) is 0 Å². The van der Waals surface area contributed by atoms with Crippen LogP contribution < -0.4 is 4.90 Å². The summed E-state index contributed by atoms with van der Waals surface area (Å²) in [6, 6.07) is 3.60. The second-order valence-electron chi connectivity index (χ2n) is 3.85. The van der Waals surface area contributed by atoms with Crippen molar-refractivity contribution in [2.24, 2.45) is 0 Å². The molecule has 1 aromatic heterocycles. The van der Waals surface area contributed by atoms with Gasteiger partial charge >= 0.3 is 5.97 Å². The Balaban J connectivity index is 2.34. The number of carboxylic acids is 1. The maximum Gasteiger partial charge on any atom is 0.354 e. The lowest BCUT2D eigenvalue weighted by atomic mass is 10.2. The molecule has 1 fully saturated rings. The fraction of sp³-hybridized carbons (Fsp3) is 0.455. The van der Waals surface area contributed by atoms with E-state index in [4.69, 9.17) is 5.11 Å². The molecule has 1 aliphatic heterocycles.